The van der Waals surface area contributed by atoms with Gasteiger partial charge in [0.2, 0.25) is 0 Å². The van der Waals surface area contributed by atoms with Crippen molar-refractivity contribution in [3.05, 3.63) is 46.7 Å². The number of aliphatic hydroxyl groups excluding tert-OH is 1. The fourth-order valence-electron chi connectivity index (χ4n) is 5.62. The molecule has 3 heterocycles. The van der Waals surface area contributed by atoms with Crippen LogP contribution in [0.25, 0.3) is 0 Å². The zero-order valence-electron chi connectivity index (χ0n) is 29.6. The van der Waals surface area contributed by atoms with Crippen LogP contribution in [0.15, 0.2) is 27.2 Å². The maximum absolute atomic E-state index is 14.4. The number of anilines is 3. The molecule has 0 fully saturated rings. The Kier molecular flexibility index (Phi) is 12.6. The average molecular weight is 684 g/mol. The van der Waals surface area contributed by atoms with Crippen LogP contribution in [0.1, 0.15) is 73.3 Å². The first-order valence-corrected chi connectivity index (χ1v) is 16.6. The summed E-state index contributed by atoms with van der Waals surface area (Å²) in [5, 5.41) is 26.4. The van der Waals surface area contributed by atoms with E-state index in [-0.39, 0.29) is 49.2 Å². The number of rotatable bonds is 7. The Morgan fingerprint density at radius 3 is 2.29 bits per heavy atom. The molecule has 15 nitrogen and oxygen atoms in total. The summed E-state index contributed by atoms with van der Waals surface area (Å²) in [4.78, 5) is 43.6. The van der Waals surface area contributed by atoms with Crippen molar-refractivity contribution in [3.63, 3.8) is 0 Å². The lowest BCUT2D eigenvalue weighted by Crippen LogP contribution is -2.48. The van der Waals surface area contributed by atoms with Crippen molar-refractivity contribution in [2.24, 2.45) is 5.92 Å². The monoisotopic (exact) mass is 683 g/mol. The van der Waals surface area contributed by atoms with Gasteiger partial charge in [0, 0.05) is 38.3 Å². The first-order valence-electron chi connectivity index (χ1n) is 16.6. The van der Waals surface area contributed by atoms with Gasteiger partial charge in [-0.25, -0.2) is 9.59 Å². The third-order valence-corrected chi connectivity index (χ3v) is 8.65. The summed E-state index contributed by atoms with van der Waals surface area (Å²) >= 11 is 0. The van der Waals surface area contributed by atoms with Crippen LogP contribution >= 0.6 is 0 Å². The van der Waals surface area contributed by atoms with Crippen LogP contribution in [-0.2, 0) is 4.74 Å². The molecule has 15 heteroatoms. The number of carbonyl (C=O) groups is 3. The van der Waals surface area contributed by atoms with Crippen molar-refractivity contribution < 1.29 is 38.0 Å². The molecule has 3 aromatic rings. The number of aliphatic hydroxyl groups is 1. The van der Waals surface area contributed by atoms with Gasteiger partial charge in [-0.1, -0.05) is 17.2 Å². The number of fused-ring (bicyclic) bond motifs is 1. The van der Waals surface area contributed by atoms with Crippen LogP contribution < -0.4 is 20.7 Å². The highest BCUT2D eigenvalue weighted by atomic mass is 16.5. The summed E-state index contributed by atoms with van der Waals surface area (Å²) in [6.07, 6.45) is 1.67. The summed E-state index contributed by atoms with van der Waals surface area (Å²) in [6, 6.07) is 3.48. The molecule has 4 rings (SSSR count). The van der Waals surface area contributed by atoms with E-state index in [2.05, 4.69) is 26.3 Å². The number of ether oxygens (including phenoxy) is 2. The van der Waals surface area contributed by atoms with Crippen LogP contribution in [0, 0.1) is 33.6 Å². The maximum atomic E-state index is 14.4. The van der Waals surface area contributed by atoms with E-state index in [1.807, 2.05) is 13.8 Å². The lowest BCUT2D eigenvalue weighted by Gasteiger charge is -2.35. The van der Waals surface area contributed by atoms with Gasteiger partial charge < -0.3 is 49.4 Å². The molecule has 268 valence electrons. The summed E-state index contributed by atoms with van der Waals surface area (Å²) in [5.41, 5.74) is 2.70. The summed E-state index contributed by atoms with van der Waals surface area (Å²) in [6.45, 7) is 13.2. The van der Waals surface area contributed by atoms with Crippen molar-refractivity contribution in [2.75, 3.05) is 49.3 Å². The summed E-state index contributed by atoms with van der Waals surface area (Å²) in [5.74, 6) is 0.711. The summed E-state index contributed by atoms with van der Waals surface area (Å²) in [7, 11) is 1.68. The van der Waals surface area contributed by atoms with Gasteiger partial charge >= 0.3 is 12.1 Å². The summed E-state index contributed by atoms with van der Waals surface area (Å²) < 4.78 is 23.0. The van der Waals surface area contributed by atoms with Crippen molar-refractivity contribution in [1.82, 2.24) is 20.1 Å². The highest BCUT2D eigenvalue weighted by Gasteiger charge is 2.31. The highest BCUT2D eigenvalue weighted by molar-refractivity contribution is 6.03. The van der Waals surface area contributed by atoms with E-state index in [0.717, 1.165) is 12.8 Å². The van der Waals surface area contributed by atoms with Crippen molar-refractivity contribution in [2.45, 2.75) is 86.0 Å². The third-order valence-electron chi connectivity index (χ3n) is 8.65. The molecule has 0 bridgehead atoms. The van der Waals surface area contributed by atoms with Crippen LogP contribution in [-0.4, -0.2) is 94.8 Å². The highest BCUT2D eigenvalue weighted by Crippen LogP contribution is 2.29. The van der Waals surface area contributed by atoms with E-state index >= 15 is 0 Å². The van der Waals surface area contributed by atoms with Gasteiger partial charge in [0.1, 0.15) is 28.5 Å². The van der Waals surface area contributed by atoms with E-state index in [0.29, 0.717) is 58.7 Å². The Morgan fingerprint density at radius 1 is 1.02 bits per heavy atom. The van der Waals surface area contributed by atoms with Crippen LogP contribution in [0.2, 0.25) is 0 Å². The molecule has 1 aliphatic heterocycles. The number of benzene rings is 1. The van der Waals surface area contributed by atoms with Crippen molar-refractivity contribution >= 4 is 35.0 Å². The quantitative estimate of drug-likeness (QED) is 0.248. The molecular formula is C34H49N7O8. The molecular weight excluding hydrogens is 634 g/mol. The molecule has 5 amide bonds. The Balaban J connectivity index is 1.59. The normalized spacial score (nSPS) is 19.7. The predicted octanol–water partition coefficient (Wildman–Crippen LogP) is 5.50. The standard InChI is InChI=1S/C34H49N7O8/c1-19-16-41(20(2)18-42)32(43)27-15-26(35-33(44)36-30-22(4)38-48-24(30)6)12-13-28(27)47-21(3)11-9-10-14-46-29(19)17-40(8)34(45)37-31-23(5)39-49-25(31)7/h12-13,15,19-21,29,42H,9-11,14,16-18H2,1-8H3,(H,37,45)(H2,35,36,44)/t19-,20-,21-,29+/m1/s1. The SMILES string of the molecule is Cc1noc(C)c1NC(=O)Nc1ccc2c(c1)C(=O)N([C@H](C)CO)C[C@@H](C)[C@H](CN(C)C(=O)Nc1c(C)noc1C)OCCCC[C@@H](C)O2. The number of nitrogens with one attached hydrogen (secondary N) is 3. The molecule has 4 N–H and O–H groups in total. The Morgan fingerprint density at radius 2 is 1.67 bits per heavy atom. The lowest BCUT2D eigenvalue weighted by atomic mass is 10.0. The zero-order valence-corrected chi connectivity index (χ0v) is 29.6. The average Bonchev–Trinajstić information content (AvgIpc) is 3.56. The molecule has 1 aliphatic rings. The predicted molar refractivity (Wildman–Crippen MR) is 183 cm³/mol. The van der Waals surface area contributed by atoms with Crippen molar-refractivity contribution in [3.8, 4) is 5.75 Å². The van der Waals surface area contributed by atoms with Gasteiger partial charge in [-0.3, -0.25) is 4.79 Å². The van der Waals surface area contributed by atoms with Crippen LogP contribution in [0.5, 0.6) is 5.75 Å². The van der Waals surface area contributed by atoms with E-state index in [1.54, 1.807) is 64.8 Å². The van der Waals surface area contributed by atoms with Crippen LogP contribution in [0.3, 0.4) is 0 Å². The Bertz CT molecular complexity index is 1570. The zero-order chi connectivity index (χ0) is 35.8. The number of likely N-dealkylation sites (N-methyl/N-ethyl adjacent to an activating group) is 1. The first-order chi connectivity index (χ1) is 23.3. The largest absolute Gasteiger partial charge is 0.490 e. The number of aryl methyl sites for hydroxylation is 4. The molecule has 2 aromatic heterocycles. The second-order valence-corrected chi connectivity index (χ2v) is 12.8. The van der Waals surface area contributed by atoms with Gasteiger partial charge in [0.25, 0.3) is 5.91 Å². The van der Waals surface area contributed by atoms with E-state index < -0.39 is 18.2 Å². The number of amides is 5. The molecule has 0 radical (unpaired) electrons. The number of aromatic nitrogens is 2. The topological polar surface area (TPSA) is 185 Å². The molecule has 49 heavy (non-hydrogen) atoms. The van der Waals surface area contributed by atoms with Crippen molar-refractivity contribution in [1.29, 1.82) is 0 Å². The molecule has 0 spiro atoms. The van der Waals surface area contributed by atoms with Gasteiger partial charge in [0.15, 0.2) is 11.5 Å². The number of carbonyl (C=O) groups excluding carboxylic acids is 3. The number of nitrogens with zero attached hydrogens (tertiary/aromatic N) is 4. The van der Waals surface area contributed by atoms with Crippen LogP contribution in [0.4, 0.5) is 26.7 Å². The smallest absolute Gasteiger partial charge is 0.323 e. The Labute approximate surface area is 286 Å². The first kappa shape index (κ1) is 37.2. The lowest BCUT2D eigenvalue weighted by molar-refractivity contribution is -0.0115. The minimum atomic E-state index is -0.561. The molecule has 0 saturated heterocycles. The second-order valence-electron chi connectivity index (χ2n) is 12.8. The third kappa shape index (κ3) is 9.50. The molecule has 4 atom stereocenters. The number of hydrogen-bond donors (Lipinski definition) is 4. The van der Waals surface area contributed by atoms with E-state index in [1.165, 1.54) is 4.90 Å². The number of hydrogen-bond acceptors (Lipinski definition) is 10. The molecule has 0 aliphatic carbocycles. The fraction of sp³-hybridized carbons (Fsp3) is 0.559. The second kappa shape index (κ2) is 16.7. The molecule has 0 saturated carbocycles. The minimum absolute atomic E-state index is 0.212. The maximum Gasteiger partial charge on any atom is 0.323 e. The van der Waals surface area contributed by atoms with Gasteiger partial charge in [-0.2, -0.15) is 0 Å². The van der Waals surface area contributed by atoms with Gasteiger partial charge in [0.05, 0.1) is 30.4 Å². The molecule has 1 aromatic carbocycles. The minimum Gasteiger partial charge on any atom is -0.490 e. The van der Waals surface area contributed by atoms with Gasteiger partial charge in [-0.05, 0) is 79.0 Å². The number of urea groups is 2. The van der Waals surface area contributed by atoms with Gasteiger partial charge in [-0.15, -0.1) is 0 Å². The van der Waals surface area contributed by atoms with E-state index in [4.69, 9.17) is 18.5 Å². The fourth-order valence-corrected chi connectivity index (χ4v) is 5.62. The van der Waals surface area contributed by atoms with E-state index in [9.17, 15) is 19.5 Å². The molecule has 0 unspecified atom stereocenters. The Hall–Kier alpha value is -4.63.